The summed E-state index contributed by atoms with van der Waals surface area (Å²) in [7, 11) is 0. The van der Waals surface area contributed by atoms with Gasteiger partial charge in [0.1, 0.15) is 31.1 Å². The van der Waals surface area contributed by atoms with Crippen LogP contribution in [0.25, 0.3) is 0 Å². The highest BCUT2D eigenvalue weighted by Crippen LogP contribution is 2.53. The molecular formula is C30H32N6O3. The number of ether oxygens (including phenoxy) is 2. The van der Waals surface area contributed by atoms with E-state index in [-0.39, 0.29) is 18.1 Å². The van der Waals surface area contributed by atoms with Gasteiger partial charge in [0.15, 0.2) is 0 Å². The number of benzene rings is 2. The van der Waals surface area contributed by atoms with Crippen LogP contribution in [0.3, 0.4) is 0 Å². The van der Waals surface area contributed by atoms with E-state index in [0.717, 1.165) is 48.2 Å². The Labute approximate surface area is 228 Å². The molecule has 3 atom stereocenters. The van der Waals surface area contributed by atoms with Gasteiger partial charge in [0, 0.05) is 23.5 Å². The number of nitriles is 1. The topological polar surface area (TPSA) is 105 Å². The first-order valence-electron chi connectivity index (χ1n) is 13.6. The molecule has 1 aromatic heterocycles. The Hall–Kier alpha value is -4.32. The molecule has 1 amide bonds. The zero-order chi connectivity index (χ0) is 26.8. The third-order valence-corrected chi connectivity index (χ3v) is 7.95. The van der Waals surface area contributed by atoms with Crippen molar-refractivity contribution in [1.82, 2.24) is 14.8 Å². The number of rotatable bonds is 10. The number of fused-ring (bicyclic) bond motifs is 1. The smallest absolute Gasteiger partial charge is 0.412 e. The van der Waals surface area contributed by atoms with E-state index in [1.165, 1.54) is 12.7 Å². The van der Waals surface area contributed by atoms with Crippen molar-refractivity contribution in [3.05, 3.63) is 78.9 Å². The van der Waals surface area contributed by atoms with Gasteiger partial charge in [-0.05, 0) is 67.3 Å². The van der Waals surface area contributed by atoms with E-state index in [1.54, 1.807) is 17.1 Å². The maximum absolute atomic E-state index is 12.4. The Morgan fingerprint density at radius 2 is 2.03 bits per heavy atom. The van der Waals surface area contributed by atoms with Gasteiger partial charge in [-0.1, -0.05) is 30.9 Å². The van der Waals surface area contributed by atoms with Gasteiger partial charge in [0.05, 0.1) is 24.6 Å². The predicted molar refractivity (Wildman–Crippen MR) is 146 cm³/mol. The highest BCUT2D eigenvalue weighted by atomic mass is 16.6. The largest absolute Gasteiger partial charge is 0.492 e. The molecule has 2 fully saturated rings. The standard InChI is InChI=1S/C30H32N6O3/c1-2-28(20-6-7-20)39-30(37)34-22-10-8-21(9-11-22)29-26(17-31)25-13-12-24(38-15-14-35-19-32-18-33-35)16-27(25)36(29)23-4-3-5-23/h2,8-13,16,18-20,23,26,28-29H,1,3-7,14-15H2,(H,34,37)/t26?,28-,29?/m1/s1. The molecule has 1 aliphatic heterocycles. The molecule has 2 aromatic carbocycles. The number of nitrogens with zero attached hydrogens (tertiary/aromatic N) is 5. The van der Waals surface area contributed by atoms with Crippen LogP contribution in [0.2, 0.25) is 0 Å². The zero-order valence-corrected chi connectivity index (χ0v) is 21.8. The Balaban J connectivity index is 1.19. The Morgan fingerprint density at radius 3 is 2.67 bits per heavy atom. The van der Waals surface area contributed by atoms with Crippen molar-refractivity contribution < 1.29 is 14.3 Å². The summed E-state index contributed by atoms with van der Waals surface area (Å²) in [6.45, 7) is 4.86. The number of carbonyl (C=O) groups is 1. The van der Waals surface area contributed by atoms with Crippen molar-refractivity contribution in [3.8, 4) is 11.8 Å². The molecule has 0 radical (unpaired) electrons. The lowest BCUT2D eigenvalue weighted by Crippen LogP contribution is -2.41. The average Bonchev–Trinajstić information content (AvgIpc) is 3.54. The molecule has 2 saturated carbocycles. The Kier molecular flexibility index (Phi) is 6.93. The summed E-state index contributed by atoms with van der Waals surface area (Å²) in [5, 5.41) is 17.2. The fourth-order valence-corrected chi connectivity index (χ4v) is 5.56. The van der Waals surface area contributed by atoms with Crippen LogP contribution in [0.15, 0.2) is 67.8 Å². The van der Waals surface area contributed by atoms with Gasteiger partial charge < -0.3 is 14.4 Å². The van der Waals surface area contributed by atoms with Crippen LogP contribution in [-0.2, 0) is 11.3 Å². The second-order valence-electron chi connectivity index (χ2n) is 10.5. The molecular weight excluding hydrogens is 492 g/mol. The molecule has 3 aliphatic rings. The van der Waals surface area contributed by atoms with Crippen LogP contribution in [0, 0.1) is 17.2 Å². The molecule has 2 heterocycles. The second-order valence-corrected chi connectivity index (χ2v) is 10.5. The van der Waals surface area contributed by atoms with Crippen LogP contribution in [0.1, 0.15) is 55.2 Å². The van der Waals surface area contributed by atoms with Crippen molar-refractivity contribution in [3.63, 3.8) is 0 Å². The fourth-order valence-electron chi connectivity index (χ4n) is 5.56. The fraction of sp³-hybridized carbons (Fsp3) is 0.400. The third-order valence-electron chi connectivity index (χ3n) is 7.95. The summed E-state index contributed by atoms with van der Waals surface area (Å²) in [5.41, 5.74) is 3.79. The summed E-state index contributed by atoms with van der Waals surface area (Å²) in [6, 6.07) is 16.7. The quantitative estimate of drug-likeness (QED) is 0.345. The lowest BCUT2D eigenvalue weighted by Gasteiger charge is -2.41. The maximum atomic E-state index is 12.4. The number of anilines is 2. The molecule has 9 nitrogen and oxygen atoms in total. The number of aromatic nitrogens is 3. The molecule has 1 N–H and O–H groups in total. The van der Waals surface area contributed by atoms with E-state index in [9.17, 15) is 10.1 Å². The van der Waals surface area contributed by atoms with Crippen molar-refractivity contribution in [2.24, 2.45) is 5.92 Å². The van der Waals surface area contributed by atoms with Gasteiger partial charge in [-0.3, -0.25) is 5.32 Å². The van der Waals surface area contributed by atoms with E-state index in [4.69, 9.17) is 9.47 Å². The monoisotopic (exact) mass is 524 g/mol. The first kappa shape index (κ1) is 25.0. The molecule has 2 unspecified atom stereocenters. The number of nitrogens with one attached hydrogen (secondary N) is 1. The molecule has 0 bridgehead atoms. The van der Waals surface area contributed by atoms with Gasteiger partial charge in [0.2, 0.25) is 0 Å². The van der Waals surface area contributed by atoms with Gasteiger partial charge in [-0.15, -0.1) is 0 Å². The van der Waals surface area contributed by atoms with Crippen molar-refractivity contribution in [2.75, 3.05) is 16.8 Å². The molecule has 200 valence electrons. The first-order valence-corrected chi connectivity index (χ1v) is 13.6. The molecule has 3 aromatic rings. The van der Waals surface area contributed by atoms with Crippen LogP contribution in [0.4, 0.5) is 16.2 Å². The lowest BCUT2D eigenvalue weighted by molar-refractivity contribution is 0.123. The number of hydrogen-bond donors (Lipinski definition) is 1. The summed E-state index contributed by atoms with van der Waals surface area (Å²) in [6.07, 6.45) is 9.67. The predicted octanol–water partition coefficient (Wildman–Crippen LogP) is 5.59. The number of carbonyl (C=O) groups excluding carboxylic acids is 1. The highest BCUT2D eigenvalue weighted by Gasteiger charge is 2.44. The van der Waals surface area contributed by atoms with Gasteiger partial charge in [-0.25, -0.2) is 14.5 Å². The Bertz CT molecular complexity index is 1360. The minimum Gasteiger partial charge on any atom is -0.492 e. The van der Waals surface area contributed by atoms with E-state index in [0.29, 0.717) is 30.8 Å². The maximum Gasteiger partial charge on any atom is 0.412 e. The summed E-state index contributed by atoms with van der Waals surface area (Å²) >= 11 is 0. The van der Waals surface area contributed by atoms with Crippen molar-refractivity contribution >= 4 is 17.5 Å². The molecule has 39 heavy (non-hydrogen) atoms. The first-order chi connectivity index (χ1) is 19.1. The van der Waals surface area contributed by atoms with Crippen LogP contribution in [0.5, 0.6) is 5.75 Å². The molecule has 0 saturated heterocycles. The number of hydrogen-bond acceptors (Lipinski definition) is 7. The average molecular weight is 525 g/mol. The minimum atomic E-state index is -0.477. The van der Waals surface area contributed by atoms with Crippen LogP contribution >= 0.6 is 0 Å². The SMILES string of the molecule is C=C[C@@H](OC(=O)Nc1ccc(C2C(C#N)c3ccc(OCCn4cncn4)cc3N2C2CCC2)cc1)C1CC1. The van der Waals surface area contributed by atoms with Crippen molar-refractivity contribution in [1.29, 1.82) is 5.26 Å². The zero-order valence-electron chi connectivity index (χ0n) is 21.8. The van der Waals surface area contributed by atoms with Gasteiger partial charge in [-0.2, -0.15) is 10.4 Å². The van der Waals surface area contributed by atoms with E-state index in [1.807, 2.05) is 36.4 Å². The summed E-state index contributed by atoms with van der Waals surface area (Å²) in [4.78, 5) is 18.8. The number of amides is 1. The van der Waals surface area contributed by atoms with Crippen molar-refractivity contribution in [2.45, 2.75) is 62.8 Å². The van der Waals surface area contributed by atoms with Gasteiger partial charge >= 0.3 is 6.09 Å². The normalized spacial score (nSPS) is 20.8. The van der Waals surface area contributed by atoms with E-state index < -0.39 is 6.09 Å². The summed E-state index contributed by atoms with van der Waals surface area (Å²) in [5.74, 6) is 0.859. The van der Waals surface area contributed by atoms with Gasteiger partial charge in [0.25, 0.3) is 0 Å². The van der Waals surface area contributed by atoms with Crippen LogP contribution < -0.4 is 15.0 Å². The third kappa shape index (κ3) is 5.19. The lowest BCUT2D eigenvalue weighted by atomic mass is 9.87. The molecule has 9 heteroatoms. The van der Waals surface area contributed by atoms with E-state index in [2.05, 4.69) is 39.0 Å². The van der Waals surface area contributed by atoms with Crippen LogP contribution in [-0.4, -0.2) is 39.6 Å². The molecule has 0 spiro atoms. The molecule has 6 rings (SSSR count). The molecule has 2 aliphatic carbocycles. The minimum absolute atomic E-state index is 0.110. The van der Waals surface area contributed by atoms with E-state index >= 15 is 0 Å². The summed E-state index contributed by atoms with van der Waals surface area (Å²) < 4.78 is 13.3. The highest BCUT2D eigenvalue weighted by molar-refractivity contribution is 5.84. The Morgan fingerprint density at radius 1 is 1.21 bits per heavy atom. The second kappa shape index (κ2) is 10.8.